The Bertz CT molecular complexity index is 1080. The number of benzene rings is 2. The number of alkyl halides is 9. The van der Waals surface area contributed by atoms with Gasteiger partial charge in [-0.3, -0.25) is 0 Å². The SMILES string of the molecule is CCOC(=O)c1ccc(-c2ccc(OCCCCC(F)(F)C(F)(F)C(F)(F)C(F)(F)F)c(F)c2F)cc1. The lowest BCUT2D eigenvalue weighted by Crippen LogP contribution is -2.60. The van der Waals surface area contributed by atoms with Crippen molar-refractivity contribution in [3.63, 3.8) is 0 Å². The molecule has 0 N–H and O–H groups in total. The summed E-state index contributed by atoms with van der Waals surface area (Å²) in [4.78, 5) is 11.7. The number of carbonyl (C=O) groups excluding carboxylic acids is 1. The van der Waals surface area contributed by atoms with Crippen LogP contribution in [0.3, 0.4) is 0 Å². The summed E-state index contributed by atoms with van der Waals surface area (Å²) in [5.41, 5.74) is 0.111. The van der Waals surface area contributed by atoms with Crippen molar-refractivity contribution in [2.24, 2.45) is 0 Å². The second-order valence-corrected chi connectivity index (χ2v) is 7.69. The molecule has 0 aromatic heterocycles. The zero-order valence-corrected chi connectivity index (χ0v) is 18.9. The summed E-state index contributed by atoms with van der Waals surface area (Å²) in [7, 11) is 0. The van der Waals surface area contributed by atoms with Gasteiger partial charge in [0, 0.05) is 12.0 Å². The van der Waals surface area contributed by atoms with Crippen molar-refractivity contribution in [2.45, 2.75) is 50.1 Å². The number of ether oxygens (including phenoxy) is 2. The number of rotatable bonds is 11. The lowest BCUT2D eigenvalue weighted by atomic mass is 9.99. The fourth-order valence-corrected chi connectivity index (χ4v) is 3.06. The van der Waals surface area contributed by atoms with Gasteiger partial charge in [0.2, 0.25) is 5.82 Å². The van der Waals surface area contributed by atoms with Crippen LogP contribution >= 0.6 is 0 Å². The Labute approximate surface area is 203 Å². The summed E-state index contributed by atoms with van der Waals surface area (Å²) >= 11 is 0. The van der Waals surface area contributed by atoms with E-state index in [2.05, 4.69) is 0 Å². The highest BCUT2D eigenvalue weighted by atomic mass is 19.4. The van der Waals surface area contributed by atoms with E-state index in [1.807, 2.05) is 0 Å². The van der Waals surface area contributed by atoms with Crippen molar-refractivity contribution in [1.29, 1.82) is 0 Å². The zero-order chi connectivity index (χ0) is 28.2. The minimum atomic E-state index is -6.97. The lowest BCUT2D eigenvalue weighted by Gasteiger charge is -2.33. The van der Waals surface area contributed by atoms with Gasteiger partial charge < -0.3 is 9.47 Å². The molecule has 0 aliphatic heterocycles. The molecule has 37 heavy (non-hydrogen) atoms. The molecule has 0 unspecified atom stereocenters. The molecular weight excluding hydrogens is 533 g/mol. The van der Waals surface area contributed by atoms with Crippen LogP contribution in [0, 0.1) is 11.6 Å². The molecule has 2 rings (SSSR count). The highest BCUT2D eigenvalue weighted by Crippen LogP contribution is 2.54. The summed E-state index contributed by atoms with van der Waals surface area (Å²) in [6.07, 6.45) is -10.5. The summed E-state index contributed by atoms with van der Waals surface area (Å²) in [5.74, 6) is -23.6. The fourth-order valence-electron chi connectivity index (χ4n) is 3.06. The quantitative estimate of drug-likeness (QED) is 0.162. The molecular formula is C23H19F11O3. The van der Waals surface area contributed by atoms with Gasteiger partial charge in [0.1, 0.15) is 0 Å². The maximum absolute atomic E-state index is 14.5. The molecule has 0 spiro atoms. The Morgan fingerprint density at radius 1 is 0.784 bits per heavy atom. The van der Waals surface area contributed by atoms with Crippen molar-refractivity contribution < 1.29 is 62.6 Å². The van der Waals surface area contributed by atoms with E-state index in [0.717, 1.165) is 12.1 Å². The molecule has 2 aromatic rings. The molecule has 0 saturated heterocycles. The summed E-state index contributed by atoms with van der Waals surface area (Å²) in [6.45, 7) is 1.06. The zero-order valence-electron chi connectivity index (χ0n) is 18.9. The van der Waals surface area contributed by atoms with Crippen molar-refractivity contribution in [3.05, 3.63) is 53.6 Å². The second kappa shape index (κ2) is 11.1. The van der Waals surface area contributed by atoms with Crippen LogP contribution in [0.5, 0.6) is 5.75 Å². The molecule has 0 saturated carbocycles. The Balaban J connectivity index is 1.99. The number of unbranched alkanes of at least 4 members (excludes halogenated alkanes) is 1. The molecule has 0 heterocycles. The third kappa shape index (κ3) is 6.27. The van der Waals surface area contributed by atoms with E-state index < -0.39 is 73.2 Å². The number of halogens is 11. The number of hydrogen-bond donors (Lipinski definition) is 0. The van der Waals surface area contributed by atoms with Crippen molar-refractivity contribution in [2.75, 3.05) is 13.2 Å². The molecule has 3 nitrogen and oxygen atoms in total. The van der Waals surface area contributed by atoms with E-state index in [1.165, 1.54) is 24.3 Å². The Morgan fingerprint density at radius 3 is 1.92 bits per heavy atom. The standard InChI is InChI=1S/C23H19F11O3/c1-2-36-19(35)14-7-5-13(6-8-14)15-9-10-16(18(25)17(15)24)37-12-4-3-11-20(26,27)21(28,29)22(30,31)23(32,33)34/h5-10H,2-4,11-12H2,1H3. The molecule has 0 aliphatic carbocycles. The third-order valence-electron chi connectivity index (χ3n) is 5.11. The molecule has 0 bridgehead atoms. The van der Waals surface area contributed by atoms with Crippen molar-refractivity contribution in [1.82, 2.24) is 0 Å². The van der Waals surface area contributed by atoms with Crippen LogP contribution in [-0.2, 0) is 4.74 Å². The minimum Gasteiger partial charge on any atom is -0.490 e. The first-order chi connectivity index (χ1) is 17.0. The first-order valence-electron chi connectivity index (χ1n) is 10.6. The van der Waals surface area contributed by atoms with Gasteiger partial charge in [-0.25, -0.2) is 9.18 Å². The van der Waals surface area contributed by atoms with Crippen LogP contribution in [-0.4, -0.2) is 43.1 Å². The predicted octanol–water partition coefficient (Wildman–Crippen LogP) is 7.83. The van der Waals surface area contributed by atoms with Gasteiger partial charge in [-0.15, -0.1) is 0 Å². The smallest absolute Gasteiger partial charge is 0.460 e. The van der Waals surface area contributed by atoms with E-state index in [-0.39, 0.29) is 23.3 Å². The lowest BCUT2D eigenvalue weighted by molar-refractivity contribution is -0.396. The Morgan fingerprint density at radius 2 is 1.38 bits per heavy atom. The molecule has 0 radical (unpaired) electrons. The maximum atomic E-state index is 14.5. The van der Waals surface area contributed by atoms with E-state index >= 15 is 0 Å². The maximum Gasteiger partial charge on any atom is 0.460 e. The van der Waals surface area contributed by atoms with Gasteiger partial charge in [0.15, 0.2) is 11.6 Å². The highest BCUT2D eigenvalue weighted by Gasteiger charge is 2.81. The van der Waals surface area contributed by atoms with Crippen LogP contribution in [0.25, 0.3) is 11.1 Å². The normalized spacial score (nSPS) is 13.0. The van der Waals surface area contributed by atoms with Gasteiger partial charge in [-0.05, 0) is 49.6 Å². The molecule has 0 aliphatic rings. The Hall–Kier alpha value is -3.06. The average molecular weight is 552 g/mol. The molecule has 206 valence electrons. The molecule has 0 atom stereocenters. The summed E-state index contributed by atoms with van der Waals surface area (Å²) in [6, 6.07) is 7.35. The van der Waals surface area contributed by atoms with Crippen LogP contribution in [0.1, 0.15) is 36.5 Å². The van der Waals surface area contributed by atoms with Crippen molar-refractivity contribution in [3.8, 4) is 16.9 Å². The Kier molecular flexibility index (Phi) is 9.08. The number of carbonyl (C=O) groups is 1. The van der Waals surface area contributed by atoms with Gasteiger partial charge in [-0.1, -0.05) is 12.1 Å². The number of esters is 1. The van der Waals surface area contributed by atoms with E-state index in [9.17, 15) is 53.1 Å². The topological polar surface area (TPSA) is 35.5 Å². The largest absolute Gasteiger partial charge is 0.490 e. The molecule has 0 fully saturated rings. The van der Waals surface area contributed by atoms with Gasteiger partial charge in [-0.2, -0.15) is 43.9 Å². The van der Waals surface area contributed by atoms with E-state index in [4.69, 9.17) is 9.47 Å². The van der Waals surface area contributed by atoms with Crippen LogP contribution < -0.4 is 4.74 Å². The van der Waals surface area contributed by atoms with Crippen LogP contribution in [0.4, 0.5) is 48.3 Å². The van der Waals surface area contributed by atoms with Gasteiger partial charge in [0.05, 0.1) is 18.8 Å². The fraction of sp³-hybridized carbons (Fsp3) is 0.435. The predicted molar refractivity (Wildman–Crippen MR) is 108 cm³/mol. The second-order valence-electron chi connectivity index (χ2n) is 7.69. The molecule has 0 amide bonds. The number of hydrogen-bond acceptors (Lipinski definition) is 3. The van der Waals surface area contributed by atoms with Crippen LogP contribution in [0.2, 0.25) is 0 Å². The summed E-state index contributed by atoms with van der Waals surface area (Å²) in [5, 5.41) is 0. The van der Waals surface area contributed by atoms with Crippen molar-refractivity contribution >= 4 is 5.97 Å². The molecule has 2 aromatic carbocycles. The monoisotopic (exact) mass is 552 g/mol. The molecule has 14 heteroatoms. The first-order valence-corrected chi connectivity index (χ1v) is 10.6. The van der Waals surface area contributed by atoms with Gasteiger partial charge in [0.25, 0.3) is 0 Å². The van der Waals surface area contributed by atoms with Crippen LogP contribution in [0.15, 0.2) is 36.4 Å². The van der Waals surface area contributed by atoms with Gasteiger partial charge >= 0.3 is 29.9 Å². The highest BCUT2D eigenvalue weighted by molar-refractivity contribution is 5.90. The summed E-state index contributed by atoms with van der Waals surface area (Å²) < 4.78 is 154. The van der Waals surface area contributed by atoms with E-state index in [0.29, 0.717) is 0 Å². The first kappa shape index (κ1) is 30.2. The van der Waals surface area contributed by atoms with E-state index in [1.54, 1.807) is 6.92 Å². The minimum absolute atomic E-state index is 0.130. The third-order valence-corrected chi connectivity index (χ3v) is 5.11. The average Bonchev–Trinajstić information content (AvgIpc) is 2.81.